The van der Waals surface area contributed by atoms with Gasteiger partial charge in [-0.1, -0.05) is 28.8 Å². The molecule has 9 heavy (non-hydrogen) atoms. The number of halogens is 2. The molecule has 1 fully saturated rings. The molecule has 0 unspecified atom stereocenters. The molecule has 1 rings (SSSR count). The first-order valence-electron chi connectivity index (χ1n) is 2.85. The topological polar surface area (TPSA) is 0 Å². The average molecular weight is 313 g/mol. The third-order valence-electron chi connectivity index (χ3n) is 1.37. The Hall–Kier alpha value is 1.98. The summed E-state index contributed by atoms with van der Waals surface area (Å²) in [5, 5.41) is 0. The molecule has 0 aliphatic heterocycles. The number of rotatable bonds is 0. The van der Waals surface area contributed by atoms with Crippen molar-refractivity contribution in [2.45, 2.75) is 30.5 Å². The molecule has 1 aliphatic rings. The largest absolute Gasteiger partial charge is 2.00 e. The van der Waals surface area contributed by atoms with E-state index in [1.807, 2.05) is 0 Å². The van der Waals surface area contributed by atoms with Gasteiger partial charge in [0.15, 0.2) is 0 Å². The smallest absolute Gasteiger partial charge is 1.00 e. The molecule has 0 spiro atoms. The Balaban J connectivity index is 0. The van der Waals surface area contributed by atoms with Crippen LogP contribution in [-0.2, 0) is 0 Å². The molecule has 0 nitrogen and oxygen atoms in total. The fourth-order valence-corrected chi connectivity index (χ4v) is 1.41. The first-order valence-corrected chi connectivity index (χ1v) is 3.77. The van der Waals surface area contributed by atoms with Crippen molar-refractivity contribution in [2.75, 3.05) is 0 Å². The summed E-state index contributed by atoms with van der Waals surface area (Å²) in [6, 6.07) is 0. The summed E-state index contributed by atoms with van der Waals surface area (Å²) in [6.07, 6.45) is 7.70. The minimum Gasteiger partial charge on any atom is -1.00 e. The average Bonchev–Trinajstić information content (AvgIpc) is 1.69. The van der Waals surface area contributed by atoms with E-state index in [9.17, 15) is 0 Å². The molecule has 0 aromatic heterocycles. The molecule has 1 aliphatic carbocycles. The van der Waals surface area contributed by atoms with Crippen molar-refractivity contribution in [3.63, 3.8) is 0 Å². The number of hydrogen-bond donors (Lipinski definition) is 0. The van der Waals surface area contributed by atoms with E-state index in [4.69, 9.17) is 0 Å². The van der Waals surface area contributed by atoms with Crippen molar-refractivity contribution in [3.8, 4) is 0 Å². The Bertz CT molecular complexity index is 55.0. The SMILES string of the molecule is BrC1CC[CH-]CC1.[I-].[Mg+2]. The molecule has 3 heteroatoms. The number of alkyl halides is 1. The molecule has 0 radical (unpaired) electrons. The van der Waals surface area contributed by atoms with Crippen molar-refractivity contribution in [2.24, 2.45) is 0 Å². The second kappa shape index (κ2) is 8.08. The first-order chi connectivity index (χ1) is 3.39. The molecule has 1 saturated carbocycles. The van der Waals surface area contributed by atoms with Crippen LogP contribution in [0.5, 0.6) is 0 Å². The molecule has 0 bridgehead atoms. The van der Waals surface area contributed by atoms with Crippen LogP contribution >= 0.6 is 15.9 Å². The van der Waals surface area contributed by atoms with Gasteiger partial charge >= 0.3 is 23.1 Å². The van der Waals surface area contributed by atoms with Crippen LogP contribution in [0.25, 0.3) is 0 Å². The van der Waals surface area contributed by atoms with Crippen LogP contribution in [-0.4, -0.2) is 27.9 Å². The fourth-order valence-electron chi connectivity index (χ4n) is 0.886. The molecule has 0 N–H and O–H groups in total. The van der Waals surface area contributed by atoms with Crippen LogP contribution in [0.15, 0.2) is 0 Å². The molecule has 0 aromatic carbocycles. The van der Waals surface area contributed by atoms with E-state index in [0.717, 1.165) is 4.83 Å². The Labute approximate surface area is 98.8 Å². The molecule has 0 atom stereocenters. The summed E-state index contributed by atoms with van der Waals surface area (Å²) in [5.41, 5.74) is 0. The Morgan fingerprint density at radius 2 is 1.67 bits per heavy atom. The summed E-state index contributed by atoms with van der Waals surface area (Å²) in [4.78, 5) is 0.817. The van der Waals surface area contributed by atoms with E-state index in [0.29, 0.717) is 0 Å². The zero-order valence-electron chi connectivity index (χ0n) is 5.45. The van der Waals surface area contributed by atoms with Gasteiger partial charge in [-0.3, -0.25) is 0 Å². The molecule has 0 aromatic rings. The summed E-state index contributed by atoms with van der Waals surface area (Å²) in [7, 11) is 0. The predicted molar refractivity (Wildman–Crippen MR) is 41.2 cm³/mol. The van der Waals surface area contributed by atoms with Gasteiger partial charge in [0.25, 0.3) is 0 Å². The van der Waals surface area contributed by atoms with Crippen molar-refractivity contribution >= 4 is 39.0 Å². The van der Waals surface area contributed by atoms with E-state index in [1.165, 1.54) is 25.7 Å². The predicted octanol–water partition coefficient (Wildman–Crippen LogP) is -0.849. The second-order valence-electron chi connectivity index (χ2n) is 2.04. The van der Waals surface area contributed by atoms with Gasteiger partial charge in [0.05, 0.1) is 0 Å². The van der Waals surface area contributed by atoms with Crippen molar-refractivity contribution in [3.05, 3.63) is 6.42 Å². The first kappa shape index (κ1) is 13.6. The van der Waals surface area contributed by atoms with E-state index in [1.54, 1.807) is 0 Å². The maximum Gasteiger partial charge on any atom is 2.00 e. The van der Waals surface area contributed by atoms with Gasteiger partial charge in [0.1, 0.15) is 0 Å². The Morgan fingerprint density at radius 3 is 1.89 bits per heavy atom. The van der Waals surface area contributed by atoms with Crippen LogP contribution in [0.4, 0.5) is 0 Å². The molecule has 0 amide bonds. The minimum absolute atomic E-state index is 0. The van der Waals surface area contributed by atoms with E-state index < -0.39 is 0 Å². The summed E-state index contributed by atoms with van der Waals surface area (Å²) >= 11 is 3.57. The molecule has 0 saturated heterocycles. The maximum atomic E-state index is 3.57. The minimum atomic E-state index is 0. The van der Waals surface area contributed by atoms with Gasteiger partial charge in [0.2, 0.25) is 0 Å². The Morgan fingerprint density at radius 1 is 1.22 bits per heavy atom. The molecular weight excluding hydrogens is 303 g/mol. The van der Waals surface area contributed by atoms with E-state index >= 15 is 0 Å². The molecule has 50 valence electrons. The number of hydrogen-bond acceptors (Lipinski definition) is 0. The zero-order chi connectivity index (χ0) is 5.11. The normalized spacial score (nSPS) is 19.7. The monoisotopic (exact) mass is 312 g/mol. The van der Waals surface area contributed by atoms with Crippen molar-refractivity contribution < 1.29 is 24.0 Å². The van der Waals surface area contributed by atoms with E-state index in [-0.39, 0.29) is 47.0 Å². The summed E-state index contributed by atoms with van der Waals surface area (Å²) < 4.78 is 0. The van der Waals surface area contributed by atoms with Crippen LogP contribution in [0.2, 0.25) is 0 Å². The van der Waals surface area contributed by atoms with Gasteiger partial charge < -0.3 is 30.4 Å². The van der Waals surface area contributed by atoms with Gasteiger partial charge in [-0.25, -0.2) is 0 Å². The quantitative estimate of drug-likeness (QED) is 0.237. The van der Waals surface area contributed by atoms with Crippen molar-refractivity contribution in [1.29, 1.82) is 0 Å². The van der Waals surface area contributed by atoms with Gasteiger partial charge in [-0.05, 0) is 0 Å². The van der Waals surface area contributed by atoms with Crippen molar-refractivity contribution in [1.82, 2.24) is 0 Å². The third kappa shape index (κ3) is 6.38. The van der Waals surface area contributed by atoms with E-state index in [2.05, 4.69) is 22.4 Å². The van der Waals surface area contributed by atoms with Gasteiger partial charge in [0, 0.05) is 4.83 Å². The summed E-state index contributed by atoms with van der Waals surface area (Å²) in [6.45, 7) is 0. The third-order valence-corrected chi connectivity index (χ3v) is 2.28. The van der Waals surface area contributed by atoms with Crippen LogP contribution in [0.3, 0.4) is 0 Å². The van der Waals surface area contributed by atoms with Gasteiger partial charge in [-0.2, -0.15) is 12.8 Å². The second-order valence-corrected chi connectivity index (χ2v) is 3.34. The standard InChI is InChI=1S/C6H10Br.HI.Mg/c7-6-4-2-1-3-5-6;;/h1,6H,2-5H2;1H;/q-1;;+2/p-1. The zero-order valence-corrected chi connectivity index (χ0v) is 10.6. The summed E-state index contributed by atoms with van der Waals surface area (Å²) in [5.74, 6) is 0. The maximum absolute atomic E-state index is 3.57. The fraction of sp³-hybridized carbons (Fsp3) is 0.833. The van der Waals surface area contributed by atoms with Crippen LogP contribution in [0, 0.1) is 6.42 Å². The molecular formula is C6H10BrIMg. The molecule has 0 heterocycles. The van der Waals surface area contributed by atoms with Gasteiger partial charge in [-0.15, -0.1) is 0 Å². The van der Waals surface area contributed by atoms with Crippen LogP contribution < -0.4 is 24.0 Å². The Kier molecular flexibility index (Phi) is 12.2. The van der Waals surface area contributed by atoms with Crippen LogP contribution in [0.1, 0.15) is 25.7 Å².